The summed E-state index contributed by atoms with van der Waals surface area (Å²) in [5, 5.41) is 85.3. The molecule has 0 spiro atoms. The topological polar surface area (TPSA) is 600 Å². The number of amides is 8. The molecule has 2 aromatic rings. The lowest BCUT2D eigenvalue weighted by Gasteiger charge is -2.29. The quantitative estimate of drug-likeness (QED) is 0.0170. The minimum Gasteiger partial charge on any atom is -0.481 e. The number of hydrogen-bond donors (Lipinski definition) is 19. The molecule has 0 aliphatic heterocycles. The summed E-state index contributed by atoms with van der Waals surface area (Å²) in [5.74, 6) is -22.6. The number of aromatic amines is 1. The van der Waals surface area contributed by atoms with E-state index in [1.807, 2.05) is 16.0 Å². The normalized spacial score (nSPS) is 14.4. The first-order valence-corrected chi connectivity index (χ1v) is 26.7. The molecular formula is C51H73N13O22. The Morgan fingerprint density at radius 1 is 0.488 bits per heavy atom. The first-order chi connectivity index (χ1) is 40.3. The molecule has 0 radical (unpaired) electrons. The second-order valence-electron chi connectivity index (χ2n) is 19.7. The average Bonchev–Trinajstić information content (AvgIpc) is 3.65. The zero-order chi connectivity index (χ0) is 65.0. The van der Waals surface area contributed by atoms with Gasteiger partial charge in [-0.05, 0) is 56.1 Å². The minimum atomic E-state index is -2.26. The predicted octanol–water partition coefficient (Wildman–Crippen LogP) is -4.49. The fourth-order valence-electron chi connectivity index (χ4n) is 8.14. The van der Waals surface area contributed by atoms with Crippen molar-refractivity contribution in [2.45, 2.75) is 158 Å². The number of carboxylic acids is 7. The van der Waals surface area contributed by atoms with Crippen molar-refractivity contribution in [2.75, 3.05) is 6.54 Å². The van der Waals surface area contributed by atoms with Crippen LogP contribution in [0.4, 0.5) is 0 Å². The molecule has 1 heterocycles. The van der Waals surface area contributed by atoms with E-state index in [1.165, 1.54) is 13.1 Å². The van der Waals surface area contributed by atoms with Crippen LogP contribution in [0.2, 0.25) is 0 Å². The number of hydrogen-bond acceptors (Lipinski definition) is 17. The number of fused-ring (bicyclic) bond motifs is 1. The largest absolute Gasteiger partial charge is 0.481 e. The van der Waals surface area contributed by atoms with Gasteiger partial charge >= 0.3 is 41.8 Å². The second kappa shape index (κ2) is 35.9. The summed E-state index contributed by atoms with van der Waals surface area (Å²) < 4.78 is 0. The van der Waals surface area contributed by atoms with E-state index < -0.39 is 214 Å². The maximum atomic E-state index is 14.1. The van der Waals surface area contributed by atoms with Gasteiger partial charge in [-0.3, -0.25) is 72.1 Å². The van der Waals surface area contributed by atoms with Crippen LogP contribution in [0.1, 0.15) is 103 Å². The lowest BCUT2D eigenvalue weighted by molar-refractivity contribution is -0.143. The zero-order valence-electron chi connectivity index (χ0n) is 46.7. The van der Waals surface area contributed by atoms with E-state index in [-0.39, 0.29) is 38.2 Å². The van der Waals surface area contributed by atoms with Crippen LogP contribution in [0.15, 0.2) is 35.5 Å². The number of aliphatic carboxylic acids is 7. The van der Waals surface area contributed by atoms with Crippen molar-refractivity contribution in [3.05, 3.63) is 36.0 Å². The van der Waals surface area contributed by atoms with Crippen molar-refractivity contribution >= 4 is 106 Å². The molecule has 0 aliphatic rings. The summed E-state index contributed by atoms with van der Waals surface area (Å²) in [6.45, 7) is 3.06. The van der Waals surface area contributed by atoms with Gasteiger partial charge in [-0.1, -0.05) is 38.5 Å². The SMILES string of the molecule is CC[C@H](C)[C@H](NC(=O)[C@H](CCC(=O)O)NC(=O)[C@H](CC(=O)O)NC(=O)[C@H](CCC(=O)O)NC(=O)[C@H](CC(=O)O)NC(=O)[C@H](CCC(=O)O)NC(=O)[C@@H](N)CCCN=C(N)N)C(=O)N[C@@H](CCC(=O)O)C(=O)N[C@@H](Cc1c[nH]c2ccccc12)C(=O)O. The first-order valence-electron chi connectivity index (χ1n) is 26.7. The summed E-state index contributed by atoms with van der Waals surface area (Å²) in [6, 6.07) is -9.79. The molecule has 0 unspecified atom stereocenters. The van der Waals surface area contributed by atoms with Crippen LogP contribution in [0.3, 0.4) is 0 Å². The second-order valence-corrected chi connectivity index (χ2v) is 19.7. The van der Waals surface area contributed by atoms with Crippen molar-refractivity contribution in [2.24, 2.45) is 28.1 Å². The summed E-state index contributed by atoms with van der Waals surface area (Å²) in [6.07, 6.45) is -7.29. The van der Waals surface area contributed by atoms with Crippen molar-refractivity contribution in [1.29, 1.82) is 0 Å². The van der Waals surface area contributed by atoms with Gasteiger partial charge in [-0.2, -0.15) is 0 Å². The highest BCUT2D eigenvalue weighted by Gasteiger charge is 2.38. The maximum Gasteiger partial charge on any atom is 0.326 e. The van der Waals surface area contributed by atoms with E-state index in [1.54, 1.807) is 31.2 Å². The number of nitrogens with one attached hydrogen (secondary N) is 9. The van der Waals surface area contributed by atoms with Crippen molar-refractivity contribution in [3.8, 4) is 0 Å². The Kier molecular flexibility index (Phi) is 30.1. The standard InChI is InChI=1S/C51H73N13O22/c1-3-23(2)41(49(84)60-30(12-16-37(69)70)45(80)63-34(50(85)86)19-24-22-56-27-9-5-4-7-25(24)27)64-46(81)31(13-17-38(71)72)59-48(83)33(21-40(75)76)62-44(79)29(11-15-36(67)68)58-47(82)32(20-39(73)74)61-43(78)28(10-14-35(65)66)57-42(77)26(52)8-6-18-55-51(53)54/h4-5,7,9,22-23,26,28-34,41,56H,3,6,8,10-21,52H2,1-2H3,(H,57,77)(H,58,82)(H,59,83)(H,60,84)(H,61,78)(H,62,79)(H,63,80)(H,64,81)(H,65,66)(H,67,68)(H,69,70)(H,71,72)(H,73,74)(H,75,76)(H,85,86)(H4,53,54,55)/t23-,26-,28-,29-,30-,31-,32-,33-,34-,41-/m0/s1. The monoisotopic (exact) mass is 1220 g/mol. The van der Waals surface area contributed by atoms with E-state index >= 15 is 0 Å². The van der Waals surface area contributed by atoms with Crippen molar-refractivity contribution in [1.82, 2.24) is 47.5 Å². The third kappa shape index (κ3) is 26.1. The van der Waals surface area contributed by atoms with Gasteiger partial charge in [0, 0.05) is 55.7 Å². The molecule has 0 fully saturated rings. The Hall–Kier alpha value is -9.96. The molecule has 35 heteroatoms. The van der Waals surface area contributed by atoms with Crippen LogP contribution in [-0.2, 0) is 78.3 Å². The molecule has 0 saturated carbocycles. The number of aliphatic imine (C=N–C) groups is 1. The summed E-state index contributed by atoms with van der Waals surface area (Å²) in [4.78, 5) is 200. The van der Waals surface area contributed by atoms with Crippen LogP contribution >= 0.6 is 0 Å². The van der Waals surface area contributed by atoms with Crippen LogP contribution in [-0.4, -0.2) is 197 Å². The van der Waals surface area contributed by atoms with E-state index in [4.69, 9.17) is 17.2 Å². The average molecular weight is 1220 g/mol. The number of para-hydroxylation sites is 1. The van der Waals surface area contributed by atoms with E-state index in [2.05, 4.69) is 36.6 Å². The highest BCUT2D eigenvalue weighted by atomic mass is 16.4. The lowest BCUT2D eigenvalue weighted by atomic mass is 9.96. The molecule has 8 amide bonds. The number of rotatable bonds is 41. The molecule has 1 aromatic carbocycles. The molecule has 86 heavy (non-hydrogen) atoms. The molecule has 2 rings (SSSR count). The number of carboxylic acid groups (broad SMARTS) is 7. The van der Waals surface area contributed by atoms with Crippen LogP contribution in [0.25, 0.3) is 10.9 Å². The van der Waals surface area contributed by atoms with E-state index in [0.717, 1.165) is 0 Å². The smallest absolute Gasteiger partial charge is 0.326 e. The Morgan fingerprint density at radius 2 is 0.860 bits per heavy atom. The fraction of sp³-hybridized carbons (Fsp3) is 0.529. The zero-order valence-corrected chi connectivity index (χ0v) is 46.7. The Bertz CT molecular complexity index is 2840. The van der Waals surface area contributed by atoms with Gasteiger partial charge in [-0.15, -0.1) is 0 Å². The number of benzene rings is 1. The molecule has 474 valence electrons. The molecule has 10 atom stereocenters. The Balaban J connectivity index is 2.45. The number of guanidine groups is 1. The van der Waals surface area contributed by atoms with E-state index in [9.17, 15) is 108 Å². The van der Waals surface area contributed by atoms with Crippen LogP contribution < -0.4 is 59.7 Å². The number of carbonyl (C=O) groups excluding carboxylic acids is 8. The van der Waals surface area contributed by atoms with E-state index in [0.29, 0.717) is 16.5 Å². The summed E-state index contributed by atoms with van der Waals surface area (Å²) in [5.41, 5.74) is 17.6. The Morgan fingerprint density at radius 3 is 1.26 bits per heavy atom. The van der Waals surface area contributed by atoms with Gasteiger partial charge in [0.25, 0.3) is 0 Å². The molecule has 35 nitrogen and oxygen atoms in total. The third-order valence-corrected chi connectivity index (χ3v) is 13.0. The first kappa shape index (κ1) is 72.1. The van der Waals surface area contributed by atoms with Gasteiger partial charge in [0.2, 0.25) is 47.3 Å². The Labute approximate surface area is 488 Å². The summed E-state index contributed by atoms with van der Waals surface area (Å²) >= 11 is 0. The number of nitrogens with zero attached hydrogens (tertiary/aromatic N) is 1. The van der Waals surface area contributed by atoms with Gasteiger partial charge in [0.05, 0.1) is 18.9 Å². The highest BCUT2D eigenvalue weighted by molar-refractivity contribution is 6.00. The number of nitrogens with two attached hydrogens (primary N) is 3. The molecule has 0 aliphatic carbocycles. The molecule has 1 aromatic heterocycles. The fourth-order valence-corrected chi connectivity index (χ4v) is 8.14. The van der Waals surface area contributed by atoms with Crippen LogP contribution in [0.5, 0.6) is 0 Å². The molecule has 0 bridgehead atoms. The molecular weight excluding hydrogens is 1150 g/mol. The van der Waals surface area contributed by atoms with Gasteiger partial charge < -0.3 is 100 Å². The van der Waals surface area contributed by atoms with Gasteiger partial charge in [-0.25, -0.2) is 4.79 Å². The number of aromatic nitrogens is 1. The summed E-state index contributed by atoms with van der Waals surface area (Å²) in [7, 11) is 0. The predicted molar refractivity (Wildman–Crippen MR) is 294 cm³/mol. The molecule has 0 saturated heterocycles. The number of H-pyrrole nitrogens is 1. The minimum absolute atomic E-state index is 0.0472. The lowest BCUT2D eigenvalue weighted by Crippen LogP contribution is -2.61. The number of carbonyl (C=O) groups is 15. The highest BCUT2D eigenvalue weighted by Crippen LogP contribution is 2.20. The van der Waals surface area contributed by atoms with Crippen molar-refractivity contribution < 1.29 is 108 Å². The van der Waals surface area contributed by atoms with Gasteiger partial charge in [0.1, 0.15) is 48.3 Å². The van der Waals surface area contributed by atoms with Crippen molar-refractivity contribution in [3.63, 3.8) is 0 Å². The molecule has 22 N–H and O–H groups in total. The third-order valence-electron chi connectivity index (χ3n) is 13.0. The van der Waals surface area contributed by atoms with Crippen LogP contribution in [0, 0.1) is 5.92 Å². The van der Waals surface area contributed by atoms with Gasteiger partial charge in [0.15, 0.2) is 5.96 Å². The maximum absolute atomic E-state index is 14.1.